The van der Waals surface area contributed by atoms with E-state index in [1.807, 2.05) is 0 Å². The number of carbonyl (C=O) groups is 2. The van der Waals surface area contributed by atoms with Crippen LogP contribution in [0, 0.1) is 17.8 Å². The monoisotopic (exact) mass is 298 g/mol. The van der Waals surface area contributed by atoms with E-state index >= 15 is 0 Å². The molecule has 1 aromatic rings. The van der Waals surface area contributed by atoms with Crippen molar-refractivity contribution in [3.8, 4) is 0 Å². The van der Waals surface area contributed by atoms with E-state index in [9.17, 15) is 9.59 Å². The van der Waals surface area contributed by atoms with Crippen LogP contribution in [-0.2, 0) is 14.3 Å². The van der Waals surface area contributed by atoms with E-state index in [1.54, 1.807) is 0 Å². The van der Waals surface area contributed by atoms with Gasteiger partial charge in [0.05, 0.1) is 13.0 Å². The molecule has 3 aliphatic rings. The summed E-state index contributed by atoms with van der Waals surface area (Å²) in [5.41, 5.74) is 3.09. The van der Waals surface area contributed by atoms with Crippen LogP contribution in [0.4, 0.5) is 0 Å². The van der Waals surface area contributed by atoms with Crippen LogP contribution in [-0.4, -0.2) is 18.9 Å². The molecule has 0 N–H and O–H groups in total. The summed E-state index contributed by atoms with van der Waals surface area (Å²) in [5, 5.41) is 0. The highest BCUT2D eigenvalue weighted by Crippen LogP contribution is 2.71. The summed E-state index contributed by atoms with van der Waals surface area (Å²) in [4.78, 5) is 25.3. The molecule has 0 unspecified atom stereocenters. The molecule has 2 bridgehead atoms. The molecule has 0 amide bonds. The number of methoxy groups -OCH3 is 1. The Morgan fingerprint density at radius 1 is 1.36 bits per heavy atom. The number of aryl methyl sites for hydroxylation is 1. The number of Topliss-reactive ketones (excluding diaryl/α,β-unsaturated/α-hetero) is 1. The van der Waals surface area contributed by atoms with Crippen LogP contribution < -0.4 is 0 Å². The molecule has 0 aliphatic heterocycles. The van der Waals surface area contributed by atoms with Gasteiger partial charge in [0.25, 0.3) is 0 Å². The highest BCUT2D eigenvalue weighted by atomic mass is 16.5. The van der Waals surface area contributed by atoms with Gasteiger partial charge in [-0.3, -0.25) is 9.59 Å². The zero-order chi connectivity index (χ0) is 15.7. The van der Waals surface area contributed by atoms with Crippen molar-refractivity contribution in [1.29, 1.82) is 0 Å². The number of carbonyl (C=O) groups excluding carboxylic acids is 2. The lowest BCUT2D eigenvalue weighted by Gasteiger charge is -2.41. The van der Waals surface area contributed by atoms with E-state index in [4.69, 9.17) is 4.74 Å². The fraction of sp³-hybridized carbons (Fsp3) is 0.579. The van der Waals surface area contributed by atoms with Crippen LogP contribution in [0.1, 0.15) is 61.1 Å². The fourth-order valence-electron chi connectivity index (χ4n) is 5.65. The molecule has 3 heteroatoms. The quantitative estimate of drug-likeness (QED) is 0.745. The molecule has 0 aromatic heterocycles. The topological polar surface area (TPSA) is 43.4 Å². The van der Waals surface area contributed by atoms with Crippen LogP contribution >= 0.6 is 0 Å². The zero-order valence-electron chi connectivity index (χ0n) is 13.4. The molecule has 0 heterocycles. The molecular formula is C19H22O3. The van der Waals surface area contributed by atoms with Gasteiger partial charge in [-0.05, 0) is 48.8 Å². The Balaban J connectivity index is 1.96. The number of ketones is 1. The van der Waals surface area contributed by atoms with Gasteiger partial charge in [0.15, 0.2) is 0 Å². The minimum Gasteiger partial charge on any atom is -0.469 e. The molecule has 4 rings (SSSR count). The smallest absolute Gasteiger partial charge is 0.313 e. The van der Waals surface area contributed by atoms with Crippen LogP contribution in [0.25, 0.3) is 0 Å². The molecule has 4 atom stereocenters. The van der Waals surface area contributed by atoms with Crippen LogP contribution in [0.3, 0.4) is 0 Å². The molecule has 0 saturated heterocycles. The molecule has 2 fully saturated rings. The molecular weight excluding hydrogens is 276 g/mol. The molecule has 0 radical (unpaired) electrons. The maximum atomic E-state index is 12.7. The Morgan fingerprint density at radius 2 is 2.14 bits per heavy atom. The predicted octanol–water partition coefficient (Wildman–Crippen LogP) is 3.50. The van der Waals surface area contributed by atoms with Gasteiger partial charge in [-0.1, -0.05) is 25.1 Å². The molecule has 2 saturated carbocycles. The van der Waals surface area contributed by atoms with Gasteiger partial charge in [0.1, 0.15) is 5.78 Å². The first kappa shape index (κ1) is 14.0. The van der Waals surface area contributed by atoms with Crippen LogP contribution in [0.15, 0.2) is 18.2 Å². The lowest BCUT2D eigenvalue weighted by molar-refractivity contribution is -0.146. The second kappa shape index (κ2) is 4.21. The van der Waals surface area contributed by atoms with Gasteiger partial charge < -0.3 is 4.74 Å². The van der Waals surface area contributed by atoms with E-state index in [-0.39, 0.29) is 22.7 Å². The minimum absolute atomic E-state index is 0.169. The van der Waals surface area contributed by atoms with E-state index in [2.05, 4.69) is 32.0 Å². The Labute approximate surface area is 131 Å². The molecule has 3 aliphatic carbocycles. The van der Waals surface area contributed by atoms with Gasteiger partial charge in [-0.25, -0.2) is 0 Å². The van der Waals surface area contributed by atoms with E-state index in [0.29, 0.717) is 18.1 Å². The summed E-state index contributed by atoms with van der Waals surface area (Å²) < 4.78 is 5.16. The zero-order valence-corrected chi connectivity index (χ0v) is 13.4. The third-order valence-corrected chi connectivity index (χ3v) is 6.59. The van der Waals surface area contributed by atoms with Gasteiger partial charge in [0, 0.05) is 17.3 Å². The average Bonchev–Trinajstić information content (AvgIpc) is 2.87. The van der Waals surface area contributed by atoms with Crippen molar-refractivity contribution in [3.63, 3.8) is 0 Å². The lowest BCUT2D eigenvalue weighted by atomic mass is 9.61. The predicted molar refractivity (Wildman–Crippen MR) is 82.7 cm³/mol. The van der Waals surface area contributed by atoms with Crippen LogP contribution in [0.5, 0.6) is 0 Å². The summed E-state index contributed by atoms with van der Waals surface area (Å²) in [6.45, 7) is 4.16. The minimum atomic E-state index is -0.273. The van der Waals surface area contributed by atoms with Crippen molar-refractivity contribution in [1.82, 2.24) is 0 Å². The second-order valence-electron chi connectivity index (χ2n) is 7.70. The van der Waals surface area contributed by atoms with Crippen molar-refractivity contribution in [2.24, 2.45) is 10.8 Å². The Bertz CT molecular complexity index is 692. The summed E-state index contributed by atoms with van der Waals surface area (Å²) in [5.74, 6) is 0.224. The Morgan fingerprint density at radius 3 is 2.86 bits per heavy atom. The standard InChI is InChI=1S/C19H22O3/c1-11-5-4-6-12-13-7-8-18(2)10-19(13,9-14(18)20)16(15(11)12)17(21)22-3/h4-6,13,16H,7-10H2,1-3H3/t13-,16-,18+,19-/m1/s1. The van der Waals surface area contributed by atoms with Gasteiger partial charge in [-0.2, -0.15) is 0 Å². The Hall–Kier alpha value is -1.64. The van der Waals surface area contributed by atoms with Crippen molar-refractivity contribution in [2.75, 3.05) is 7.11 Å². The lowest BCUT2D eigenvalue weighted by Crippen LogP contribution is -2.36. The van der Waals surface area contributed by atoms with E-state index in [0.717, 1.165) is 30.4 Å². The second-order valence-corrected chi connectivity index (χ2v) is 7.70. The number of esters is 1. The number of rotatable bonds is 1. The molecule has 3 nitrogen and oxygen atoms in total. The van der Waals surface area contributed by atoms with Gasteiger partial charge >= 0.3 is 5.97 Å². The third kappa shape index (κ3) is 1.47. The first-order valence-corrected chi connectivity index (χ1v) is 8.13. The largest absolute Gasteiger partial charge is 0.469 e. The number of hydrogen-bond acceptors (Lipinski definition) is 3. The van der Waals surface area contributed by atoms with Crippen molar-refractivity contribution >= 4 is 11.8 Å². The summed E-state index contributed by atoms with van der Waals surface area (Å²) in [7, 11) is 1.46. The normalized spacial score (nSPS) is 38.6. The highest BCUT2D eigenvalue weighted by Gasteiger charge is 2.67. The maximum Gasteiger partial charge on any atom is 0.313 e. The van der Waals surface area contributed by atoms with Crippen LogP contribution in [0.2, 0.25) is 0 Å². The summed E-state index contributed by atoms with van der Waals surface area (Å²) >= 11 is 0. The first-order chi connectivity index (χ1) is 10.4. The number of ether oxygens (including phenoxy) is 1. The molecule has 116 valence electrons. The number of fused-ring (bicyclic) bond motifs is 3. The molecule has 1 spiro atoms. The van der Waals surface area contributed by atoms with Gasteiger partial charge in [-0.15, -0.1) is 0 Å². The average molecular weight is 298 g/mol. The third-order valence-electron chi connectivity index (χ3n) is 6.59. The van der Waals surface area contributed by atoms with Crippen molar-refractivity contribution in [3.05, 3.63) is 34.9 Å². The van der Waals surface area contributed by atoms with Crippen molar-refractivity contribution < 1.29 is 14.3 Å². The Kier molecular flexibility index (Phi) is 2.68. The fourth-order valence-corrected chi connectivity index (χ4v) is 5.65. The SMILES string of the molecule is COC(=O)[C@H]1c2c(C)cccc2[C@H]2CC[C@@]3(C)C[C@]21CC3=O. The first-order valence-electron chi connectivity index (χ1n) is 8.13. The molecule has 22 heavy (non-hydrogen) atoms. The maximum absolute atomic E-state index is 12.7. The number of hydrogen-bond donors (Lipinski definition) is 0. The molecule has 1 aromatic carbocycles. The van der Waals surface area contributed by atoms with E-state index < -0.39 is 0 Å². The van der Waals surface area contributed by atoms with E-state index in [1.165, 1.54) is 12.7 Å². The highest BCUT2D eigenvalue weighted by molar-refractivity contribution is 5.92. The summed E-state index contributed by atoms with van der Waals surface area (Å²) in [6, 6.07) is 6.30. The van der Waals surface area contributed by atoms with Gasteiger partial charge in [0.2, 0.25) is 0 Å². The van der Waals surface area contributed by atoms with Crippen molar-refractivity contribution in [2.45, 2.75) is 51.4 Å². The summed E-state index contributed by atoms with van der Waals surface area (Å²) in [6.07, 6.45) is 3.31. The number of benzene rings is 1.